The Morgan fingerprint density at radius 3 is 2.43 bits per heavy atom. The molecule has 0 unspecified atom stereocenters. The molecule has 1 aromatic heterocycles. The first-order chi connectivity index (χ1) is 13.0. The van der Waals surface area contributed by atoms with Crippen molar-refractivity contribution >= 4 is 8.32 Å². The molecule has 1 rings (SSSR count). The van der Waals surface area contributed by atoms with Crippen LogP contribution in [0.3, 0.4) is 0 Å². The van der Waals surface area contributed by atoms with Crippen LogP contribution in [0.5, 0.6) is 0 Å². The molecule has 0 saturated heterocycles. The second kappa shape index (κ2) is 11.0. The highest BCUT2D eigenvalue weighted by molar-refractivity contribution is 6.74. The van der Waals surface area contributed by atoms with E-state index in [0.29, 0.717) is 13.2 Å². The normalized spacial score (nSPS) is 14.8. The average molecular weight is 419 g/mol. The summed E-state index contributed by atoms with van der Waals surface area (Å²) in [4.78, 5) is 25.8. The van der Waals surface area contributed by atoms with E-state index in [1.54, 1.807) is 7.11 Å². The second-order valence-corrected chi connectivity index (χ2v) is 12.9. The van der Waals surface area contributed by atoms with Crippen LogP contribution in [-0.4, -0.2) is 69.2 Å². The number of aromatic amines is 1. The van der Waals surface area contributed by atoms with Gasteiger partial charge in [0.2, 0.25) is 0 Å². The Morgan fingerprint density at radius 1 is 1.21 bits per heavy atom. The summed E-state index contributed by atoms with van der Waals surface area (Å²) in [5.74, 6) is 0. The molecule has 0 amide bonds. The number of aliphatic hydroxyl groups excluding tert-OH is 1. The van der Waals surface area contributed by atoms with E-state index in [1.807, 2.05) is 0 Å². The molecule has 10 heteroatoms. The number of rotatable bonds is 12. The number of hydrogen-bond donors (Lipinski definition) is 2. The van der Waals surface area contributed by atoms with Crippen LogP contribution < -0.4 is 11.2 Å². The quantitative estimate of drug-likeness (QED) is 0.386. The first kappa shape index (κ1) is 24.7. The third-order valence-corrected chi connectivity index (χ3v) is 9.34. The van der Waals surface area contributed by atoms with E-state index >= 15 is 0 Å². The lowest BCUT2D eigenvalue weighted by Crippen LogP contribution is -2.44. The summed E-state index contributed by atoms with van der Waals surface area (Å²) in [5, 5.41) is 9.61. The number of methoxy groups -OCH3 is 1. The lowest BCUT2D eigenvalue weighted by molar-refractivity contribution is -0.123. The largest absolute Gasteiger partial charge is 0.412 e. The molecular weight excluding hydrogens is 384 g/mol. The molecule has 2 atom stereocenters. The molecule has 0 saturated carbocycles. The van der Waals surface area contributed by atoms with Gasteiger partial charge < -0.3 is 23.7 Å². The zero-order valence-electron chi connectivity index (χ0n) is 17.7. The van der Waals surface area contributed by atoms with E-state index < -0.39 is 31.9 Å². The number of nitrogens with one attached hydrogen (secondary N) is 1. The predicted octanol–water partition coefficient (Wildman–Crippen LogP) is 1.10. The Bertz CT molecular complexity index is 696. The first-order valence-corrected chi connectivity index (χ1v) is 12.2. The van der Waals surface area contributed by atoms with Crippen LogP contribution in [0.15, 0.2) is 21.9 Å². The summed E-state index contributed by atoms with van der Waals surface area (Å²) >= 11 is 0. The predicted molar refractivity (Wildman–Crippen MR) is 108 cm³/mol. The fraction of sp³-hybridized carbons (Fsp3) is 0.778. The molecule has 0 spiro atoms. The van der Waals surface area contributed by atoms with Crippen LogP contribution >= 0.6 is 0 Å². The van der Waals surface area contributed by atoms with Crippen LogP contribution in [0.2, 0.25) is 18.1 Å². The number of hydrogen-bond acceptors (Lipinski definition) is 7. The molecule has 1 aromatic rings. The summed E-state index contributed by atoms with van der Waals surface area (Å²) in [6.07, 6.45) is -0.119. The molecule has 0 fully saturated rings. The molecule has 162 valence electrons. The molecule has 9 nitrogen and oxygen atoms in total. The van der Waals surface area contributed by atoms with Crippen molar-refractivity contribution in [2.75, 3.05) is 40.1 Å². The summed E-state index contributed by atoms with van der Waals surface area (Å²) in [5.41, 5.74) is -1.10. The average Bonchev–Trinajstić information content (AvgIpc) is 2.60. The topological polar surface area (TPSA) is 112 Å². The lowest BCUT2D eigenvalue weighted by atomic mass is 10.2. The number of aromatic nitrogens is 2. The maximum absolute atomic E-state index is 12.2. The fourth-order valence-corrected chi connectivity index (χ4v) is 3.04. The van der Waals surface area contributed by atoms with Gasteiger partial charge in [0.15, 0.2) is 14.5 Å². The van der Waals surface area contributed by atoms with Crippen molar-refractivity contribution in [3.63, 3.8) is 0 Å². The molecule has 28 heavy (non-hydrogen) atoms. The Kier molecular flexibility index (Phi) is 9.74. The van der Waals surface area contributed by atoms with Gasteiger partial charge in [-0.2, -0.15) is 0 Å². The highest BCUT2D eigenvalue weighted by Gasteiger charge is 2.38. The Balaban J connectivity index is 2.97. The van der Waals surface area contributed by atoms with Gasteiger partial charge in [-0.15, -0.1) is 0 Å². The maximum atomic E-state index is 12.2. The lowest BCUT2D eigenvalue weighted by Gasteiger charge is -2.37. The summed E-state index contributed by atoms with van der Waals surface area (Å²) in [6.45, 7) is 11.3. The van der Waals surface area contributed by atoms with Crippen LogP contribution in [-0.2, 0) is 18.6 Å². The van der Waals surface area contributed by atoms with Crippen molar-refractivity contribution in [2.45, 2.75) is 51.2 Å². The maximum Gasteiger partial charge on any atom is 0.330 e. The summed E-state index contributed by atoms with van der Waals surface area (Å²) in [7, 11) is -0.534. The van der Waals surface area contributed by atoms with Crippen molar-refractivity contribution in [3.05, 3.63) is 33.1 Å². The van der Waals surface area contributed by atoms with Gasteiger partial charge in [0.25, 0.3) is 5.56 Å². The number of H-pyrrole nitrogens is 1. The minimum absolute atomic E-state index is 0.0207. The molecular formula is C18H34N2O7Si. The minimum atomic E-state index is -2.10. The van der Waals surface area contributed by atoms with Crippen LogP contribution in [0.4, 0.5) is 0 Å². The molecule has 0 aliphatic carbocycles. The molecule has 0 aliphatic rings. The molecule has 0 radical (unpaired) electrons. The van der Waals surface area contributed by atoms with Crippen molar-refractivity contribution in [3.8, 4) is 0 Å². The minimum Gasteiger partial charge on any atom is -0.412 e. The van der Waals surface area contributed by atoms with E-state index in [9.17, 15) is 14.7 Å². The van der Waals surface area contributed by atoms with E-state index in [-0.39, 0.29) is 24.9 Å². The second-order valence-electron chi connectivity index (χ2n) is 8.05. The highest BCUT2D eigenvalue weighted by atomic mass is 28.4. The Labute approximate surface area is 166 Å². The summed E-state index contributed by atoms with van der Waals surface area (Å²) in [6, 6.07) is 1.24. The first-order valence-electron chi connectivity index (χ1n) is 9.30. The van der Waals surface area contributed by atoms with Gasteiger partial charge in [0.05, 0.1) is 33.0 Å². The van der Waals surface area contributed by atoms with Gasteiger partial charge >= 0.3 is 5.69 Å². The van der Waals surface area contributed by atoms with E-state index in [2.05, 4.69) is 38.8 Å². The van der Waals surface area contributed by atoms with Gasteiger partial charge in [-0.3, -0.25) is 14.3 Å². The monoisotopic (exact) mass is 418 g/mol. The highest BCUT2D eigenvalue weighted by Crippen LogP contribution is 2.37. The Hall–Kier alpha value is -1.30. The standard InChI is InChI=1S/C18H34N2O7Si/c1-18(2,3)28(5,6)26-13-16(20-8-7-15(22)19-17(20)23)27-14(11-21)12-25-10-9-24-4/h7-8,14,16,21H,9-13H2,1-6H3,(H,19,22,23)/t14-,16-/m1/s1. The zero-order chi connectivity index (χ0) is 21.4. The molecule has 1 heterocycles. The molecule has 0 aromatic carbocycles. The zero-order valence-corrected chi connectivity index (χ0v) is 18.7. The Morgan fingerprint density at radius 2 is 1.89 bits per heavy atom. The van der Waals surface area contributed by atoms with Crippen LogP contribution in [0.1, 0.15) is 27.0 Å². The van der Waals surface area contributed by atoms with Crippen molar-refractivity contribution in [1.82, 2.24) is 9.55 Å². The smallest absolute Gasteiger partial charge is 0.330 e. The van der Waals surface area contributed by atoms with E-state index in [4.69, 9.17) is 18.6 Å². The van der Waals surface area contributed by atoms with Crippen molar-refractivity contribution in [1.29, 1.82) is 0 Å². The number of aliphatic hydroxyl groups is 1. The van der Waals surface area contributed by atoms with Crippen molar-refractivity contribution in [2.24, 2.45) is 0 Å². The van der Waals surface area contributed by atoms with Crippen molar-refractivity contribution < 1.29 is 23.7 Å². The van der Waals surface area contributed by atoms with Crippen LogP contribution in [0, 0.1) is 0 Å². The SMILES string of the molecule is COCCOC[C@@H](CO)O[C@H](CO[Si](C)(C)C(C)(C)C)n1ccc(=O)[nH]c1=O. The van der Waals surface area contributed by atoms with Gasteiger partial charge in [-0.05, 0) is 18.1 Å². The van der Waals surface area contributed by atoms with Gasteiger partial charge in [-0.1, -0.05) is 20.8 Å². The number of ether oxygens (including phenoxy) is 3. The number of nitrogens with zero attached hydrogens (tertiary/aromatic N) is 1. The summed E-state index contributed by atoms with van der Waals surface area (Å²) < 4.78 is 23.7. The third kappa shape index (κ3) is 7.61. The fourth-order valence-electron chi connectivity index (χ4n) is 2.05. The molecule has 0 bridgehead atoms. The molecule has 0 aliphatic heterocycles. The van der Waals surface area contributed by atoms with Crippen LogP contribution in [0.25, 0.3) is 0 Å². The van der Waals surface area contributed by atoms with Gasteiger partial charge in [0.1, 0.15) is 6.10 Å². The third-order valence-electron chi connectivity index (χ3n) is 4.84. The molecule has 2 N–H and O–H groups in total. The van der Waals surface area contributed by atoms with E-state index in [1.165, 1.54) is 16.8 Å². The van der Waals surface area contributed by atoms with Gasteiger partial charge in [0, 0.05) is 19.4 Å². The van der Waals surface area contributed by atoms with E-state index in [0.717, 1.165) is 0 Å². The van der Waals surface area contributed by atoms with Gasteiger partial charge in [-0.25, -0.2) is 4.79 Å².